The van der Waals surface area contributed by atoms with Crippen molar-refractivity contribution in [3.8, 4) is 113 Å². The summed E-state index contributed by atoms with van der Waals surface area (Å²) in [5.74, 6) is 3.07. The van der Waals surface area contributed by atoms with Crippen LogP contribution in [0.3, 0.4) is 0 Å². The van der Waals surface area contributed by atoms with Crippen molar-refractivity contribution in [1.29, 1.82) is 5.26 Å². The Balaban J connectivity index is 0.873. The third kappa shape index (κ3) is 10.4. The summed E-state index contributed by atoms with van der Waals surface area (Å²) >= 11 is 0. The molecule has 0 saturated carbocycles. The summed E-state index contributed by atoms with van der Waals surface area (Å²) in [4.78, 5) is 36.3. The SMILES string of the molecule is N#Cc1ccc(-n2c3ccc(-c4cc5c6c(c4)N(c4ccccc4)c4ccc(-c7ccccc7)cc4B6c4cc(-c6ccccc6)ccc4N5c4ccccc4)cc3c3ccc(-c4nc(-c5ccccc5)nc(-c5ccccc5)n4)cc32)c(-c2nc(-c3ccccc3)nc(-c3ccccc3)n2)c1. The van der Waals surface area contributed by atoms with E-state index in [-0.39, 0.29) is 6.71 Å². The van der Waals surface area contributed by atoms with Crippen LogP contribution >= 0.6 is 0 Å². The zero-order chi connectivity index (χ0) is 67.6. The molecule has 0 radical (unpaired) electrons. The van der Waals surface area contributed by atoms with Crippen LogP contribution in [0.15, 0.2) is 346 Å². The Kier molecular flexibility index (Phi) is 14.5. The second-order valence-corrected chi connectivity index (χ2v) is 25.7. The van der Waals surface area contributed by atoms with E-state index in [1.54, 1.807) is 0 Å². The van der Waals surface area contributed by atoms with E-state index in [0.717, 1.165) is 123 Å². The summed E-state index contributed by atoms with van der Waals surface area (Å²) in [5, 5.41) is 12.8. The van der Waals surface area contributed by atoms with E-state index in [4.69, 9.17) is 29.9 Å². The Bertz CT molecular complexity index is 5860. The highest BCUT2D eigenvalue weighted by atomic mass is 15.2. The molecular weight excluding hydrogens is 1240 g/mol. The first kappa shape index (κ1) is 59.3. The van der Waals surface area contributed by atoms with Crippen molar-refractivity contribution < 1.29 is 0 Å². The topological polar surface area (TPSA) is 113 Å². The molecule has 2 aliphatic rings. The van der Waals surface area contributed by atoms with Gasteiger partial charge < -0.3 is 14.4 Å². The van der Waals surface area contributed by atoms with E-state index in [0.29, 0.717) is 46.1 Å². The largest absolute Gasteiger partial charge is 0.311 e. The number of fused-ring (bicyclic) bond motifs is 7. The van der Waals surface area contributed by atoms with Crippen LogP contribution in [-0.4, -0.2) is 41.2 Å². The highest BCUT2D eigenvalue weighted by Crippen LogP contribution is 2.48. The molecule has 11 heteroatoms. The zero-order valence-electron chi connectivity index (χ0n) is 55.0. The number of rotatable bonds is 12. The van der Waals surface area contributed by atoms with Crippen LogP contribution in [0.2, 0.25) is 0 Å². The standard InChI is InChI=1S/C91H57BN10/c93-58-59-41-47-79(75(51-59)91-98-88(64-33-17-5-18-34-64)95-89(99-91)65-35-19-6-20-36-65)102-78-48-43-66(52-74(78)73-46-42-69(55-82(73)102)90-96-86(62-29-13-3-14-30-62)94-87(97-90)63-31-15-4-16-32-63)70-56-83-85-84(57-70)101(72-39-23-8-24-40-72)81-50-45-68(61-27-11-2-12-28-61)54-77(81)92(85)76-53-67(60-25-9-1-10-26-60)44-49-80(76)100(83)71-37-21-7-22-38-71/h1-57H. The first-order chi connectivity index (χ1) is 50.5. The molecule has 0 spiro atoms. The van der Waals surface area contributed by atoms with Gasteiger partial charge in [0.05, 0.1) is 28.4 Å². The van der Waals surface area contributed by atoms with Crippen molar-refractivity contribution >= 4 is 79.0 Å². The van der Waals surface area contributed by atoms with Crippen molar-refractivity contribution in [3.63, 3.8) is 0 Å². The minimum Gasteiger partial charge on any atom is -0.311 e. The number of nitriles is 1. The molecule has 5 heterocycles. The summed E-state index contributed by atoms with van der Waals surface area (Å²) in [5.41, 5.74) is 24.8. The maximum absolute atomic E-state index is 10.8. The summed E-state index contributed by atoms with van der Waals surface area (Å²) in [7, 11) is 0. The zero-order valence-corrected chi connectivity index (χ0v) is 55.0. The summed E-state index contributed by atoms with van der Waals surface area (Å²) in [6, 6.07) is 124. The van der Waals surface area contributed by atoms with E-state index < -0.39 is 0 Å². The van der Waals surface area contributed by atoms with Crippen molar-refractivity contribution in [2.24, 2.45) is 0 Å². The molecular formula is C91H57BN10. The maximum Gasteiger partial charge on any atom is 0.252 e. The summed E-state index contributed by atoms with van der Waals surface area (Å²) in [6.45, 7) is -0.161. The lowest BCUT2D eigenvalue weighted by atomic mass is 9.33. The molecule has 474 valence electrons. The number of para-hydroxylation sites is 2. The van der Waals surface area contributed by atoms with Crippen LogP contribution in [-0.2, 0) is 0 Å². The second kappa shape index (κ2) is 24.9. The van der Waals surface area contributed by atoms with Crippen molar-refractivity contribution in [2.75, 3.05) is 9.80 Å². The lowest BCUT2D eigenvalue weighted by Crippen LogP contribution is -2.61. The molecule has 3 aromatic heterocycles. The predicted octanol–water partition coefficient (Wildman–Crippen LogP) is 20.1. The van der Waals surface area contributed by atoms with Gasteiger partial charge in [-0.1, -0.05) is 261 Å². The highest BCUT2D eigenvalue weighted by molar-refractivity contribution is 7.00. The molecule has 0 aliphatic carbocycles. The number of benzene rings is 14. The van der Waals surface area contributed by atoms with Gasteiger partial charge in [0.25, 0.3) is 6.71 Å². The Morgan fingerprint density at radius 3 is 1.07 bits per heavy atom. The predicted molar refractivity (Wildman–Crippen MR) is 415 cm³/mol. The molecule has 0 bridgehead atoms. The fourth-order valence-electron chi connectivity index (χ4n) is 14.9. The van der Waals surface area contributed by atoms with Gasteiger partial charge >= 0.3 is 0 Å². The quantitative estimate of drug-likeness (QED) is 0.110. The maximum atomic E-state index is 10.8. The average molecular weight is 1300 g/mol. The number of hydrogen-bond donors (Lipinski definition) is 0. The smallest absolute Gasteiger partial charge is 0.252 e. The van der Waals surface area contributed by atoms with Crippen molar-refractivity contribution in [1.82, 2.24) is 34.5 Å². The Morgan fingerprint density at radius 1 is 0.255 bits per heavy atom. The van der Waals surface area contributed by atoms with Crippen LogP contribution < -0.4 is 26.2 Å². The van der Waals surface area contributed by atoms with Gasteiger partial charge in [0.2, 0.25) is 0 Å². The minimum absolute atomic E-state index is 0.161. The van der Waals surface area contributed by atoms with E-state index in [9.17, 15) is 5.26 Å². The van der Waals surface area contributed by atoms with Gasteiger partial charge in [0.1, 0.15) is 0 Å². The lowest BCUT2D eigenvalue weighted by molar-refractivity contribution is 1.06. The van der Waals surface area contributed by atoms with Crippen LogP contribution in [0.25, 0.3) is 129 Å². The first-order valence-electron chi connectivity index (χ1n) is 34.2. The van der Waals surface area contributed by atoms with E-state index in [1.165, 1.54) is 16.4 Å². The number of anilines is 6. The van der Waals surface area contributed by atoms with Crippen molar-refractivity contribution in [3.05, 3.63) is 351 Å². The van der Waals surface area contributed by atoms with Gasteiger partial charge in [-0.3, -0.25) is 0 Å². The second-order valence-electron chi connectivity index (χ2n) is 25.7. The van der Waals surface area contributed by atoms with Crippen LogP contribution in [0.4, 0.5) is 34.1 Å². The molecule has 0 N–H and O–H groups in total. The molecule has 0 fully saturated rings. The van der Waals surface area contributed by atoms with Gasteiger partial charge in [-0.25, -0.2) is 29.9 Å². The first-order valence-corrected chi connectivity index (χ1v) is 34.2. The summed E-state index contributed by atoms with van der Waals surface area (Å²) in [6.07, 6.45) is 0. The van der Waals surface area contributed by atoms with Crippen molar-refractivity contribution in [2.45, 2.75) is 0 Å². The Labute approximate surface area is 589 Å². The van der Waals surface area contributed by atoms with E-state index >= 15 is 0 Å². The summed E-state index contributed by atoms with van der Waals surface area (Å²) < 4.78 is 2.29. The Hall–Kier alpha value is -13.9. The molecule has 0 saturated heterocycles. The minimum atomic E-state index is -0.161. The Morgan fingerprint density at radius 2 is 0.627 bits per heavy atom. The monoisotopic (exact) mass is 1300 g/mol. The van der Waals surface area contributed by atoms with Crippen LogP contribution in [0, 0.1) is 11.3 Å². The highest BCUT2D eigenvalue weighted by Gasteiger charge is 2.44. The third-order valence-electron chi connectivity index (χ3n) is 19.7. The number of hydrogen-bond acceptors (Lipinski definition) is 9. The molecule has 2 aliphatic heterocycles. The van der Waals surface area contributed by atoms with Gasteiger partial charge in [-0.2, -0.15) is 5.26 Å². The number of aromatic nitrogens is 7. The van der Waals surface area contributed by atoms with E-state index in [2.05, 4.69) is 227 Å². The molecule has 17 aromatic rings. The third-order valence-corrected chi connectivity index (χ3v) is 19.7. The molecule has 0 atom stereocenters. The molecule has 10 nitrogen and oxygen atoms in total. The van der Waals surface area contributed by atoms with Gasteiger partial charge in [-0.05, 0) is 135 Å². The van der Waals surface area contributed by atoms with Gasteiger partial charge in [0, 0.05) is 78.3 Å². The normalized spacial score (nSPS) is 12.0. The van der Waals surface area contributed by atoms with Crippen LogP contribution in [0.5, 0.6) is 0 Å². The molecule has 14 aromatic carbocycles. The van der Waals surface area contributed by atoms with Gasteiger partial charge in [-0.15, -0.1) is 0 Å². The molecule has 0 unspecified atom stereocenters. The van der Waals surface area contributed by atoms with E-state index in [1.807, 2.05) is 140 Å². The van der Waals surface area contributed by atoms with Gasteiger partial charge in [0.15, 0.2) is 34.9 Å². The fourth-order valence-corrected chi connectivity index (χ4v) is 14.9. The fraction of sp³-hybridized carbons (Fsp3) is 0. The molecule has 102 heavy (non-hydrogen) atoms. The average Bonchev–Trinajstić information content (AvgIpc) is 0.829. The molecule has 19 rings (SSSR count). The molecule has 0 amide bonds. The van der Waals surface area contributed by atoms with Crippen LogP contribution in [0.1, 0.15) is 5.56 Å². The lowest BCUT2D eigenvalue weighted by Gasteiger charge is -2.44. The number of nitrogens with zero attached hydrogens (tertiary/aromatic N) is 10.